The van der Waals surface area contributed by atoms with E-state index in [4.69, 9.17) is 0 Å². The van der Waals surface area contributed by atoms with E-state index in [1.54, 1.807) is 0 Å². The van der Waals surface area contributed by atoms with Gasteiger partial charge in [0.15, 0.2) is 0 Å². The van der Waals surface area contributed by atoms with Gasteiger partial charge in [-0.3, -0.25) is 0 Å². The average molecular weight is 343 g/mol. The second-order valence-electron chi connectivity index (χ2n) is 7.43. The molecule has 2 aromatic rings. The van der Waals surface area contributed by atoms with Crippen LogP contribution in [0.5, 0.6) is 0 Å². The minimum atomic E-state index is 0.901. The van der Waals surface area contributed by atoms with E-state index in [0.717, 1.165) is 23.5 Å². The van der Waals surface area contributed by atoms with Crippen LogP contribution in [-0.4, -0.2) is 0 Å². The molecule has 0 heteroatoms. The van der Waals surface area contributed by atoms with Crippen LogP contribution in [0.4, 0.5) is 0 Å². The molecule has 3 rings (SSSR count). The van der Waals surface area contributed by atoms with E-state index in [9.17, 15) is 0 Å². The molecule has 0 aliphatic heterocycles. The molecule has 0 heterocycles. The molecular formula is C26H30. The van der Waals surface area contributed by atoms with Crippen molar-refractivity contribution in [3.63, 3.8) is 0 Å². The van der Waals surface area contributed by atoms with Crippen molar-refractivity contribution in [1.82, 2.24) is 0 Å². The molecule has 0 spiro atoms. The molecule has 0 saturated carbocycles. The van der Waals surface area contributed by atoms with Gasteiger partial charge >= 0.3 is 0 Å². The van der Waals surface area contributed by atoms with Gasteiger partial charge in [0.05, 0.1) is 0 Å². The van der Waals surface area contributed by atoms with E-state index in [-0.39, 0.29) is 0 Å². The fourth-order valence-corrected chi connectivity index (χ4v) is 3.78. The molecule has 1 unspecified atom stereocenters. The van der Waals surface area contributed by atoms with Crippen molar-refractivity contribution in [2.24, 2.45) is 5.92 Å². The lowest BCUT2D eigenvalue weighted by Gasteiger charge is -2.21. The largest absolute Gasteiger partial charge is 0.0804 e. The van der Waals surface area contributed by atoms with Gasteiger partial charge in [-0.1, -0.05) is 75.3 Å². The van der Waals surface area contributed by atoms with Gasteiger partial charge in [0.1, 0.15) is 0 Å². The fraction of sp³-hybridized carbons (Fsp3) is 0.385. The molecule has 0 bridgehead atoms. The van der Waals surface area contributed by atoms with Crippen molar-refractivity contribution in [2.45, 2.75) is 58.8 Å². The smallest absolute Gasteiger partial charge is 0.0249 e. The zero-order valence-electron chi connectivity index (χ0n) is 16.2. The maximum absolute atomic E-state index is 3.30. The third kappa shape index (κ3) is 5.12. The summed E-state index contributed by atoms with van der Waals surface area (Å²) in [6.07, 6.45) is 11.3. The van der Waals surface area contributed by atoms with Crippen LogP contribution in [0.3, 0.4) is 0 Å². The van der Waals surface area contributed by atoms with Gasteiger partial charge in [0.25, 0.3) is 0 Å². The van der Waals surface area contributed by atoms with Crippen LogP contribution in [-0.2, 0) is 6.42 Å². The maximum atomic E-state index is 3.30. The van der Waals surface area contributed by atoms with Crippen molar-refractivity contribution < 1.29 is 0 Å². The van der Waals surface area contributed by atoms with Crippen molar-refractivity contribution in [2.75, 3.05) is 0 Å². The van der Waals surface area contributed by atoms with Crippen molar-refractivity contribution in [1.29, 1.82) is 0 Å². The van der Waals surface area contributed by atoms with E-state index in [1.165, 1.54) is 55.2 Å². The Hall–Kier alpha value is -2.26. The van der Waals surface area contributed by atoms with Gasteiger partial charge in [0, 0.05) is 11.1 Å². The quantitative estimate of drug-likeness (QED) is 0.512. The number of allylic oxidation sites excluding steroid dienone is 2. The second-order valence-corrected chi connectivity index (χ2v) is 7.43. The maximum Gasteiger partial charge on any atom is 0.0249 e. The molecule has 2 aromatic carbocycles. The van der Waals surface area contributed by atoms with Gasteiger partial charge in [0.2, 0.25) is 0 Å². The Morgan fingerprint density at radius 3 is 2.04 bits per heavy atom. The lowest BCUT2D eigenvalue weighted by molar-refractivity contribution is 0.445. The molecule has 0 saturated heterocycles. The van der Waals surface area contributed by atoms with Gasteiger partial charge < -0.3 is 0 Å². The summed E-state index contributed by atoms with van der Waals surface area (Å²) in [4.78, 5) is 0. The summed E-state index contributed by atoms with van der Waals surface area (Å²) >= 11 is 0. The lowest BCUT2D eigenvalue weighted by atomic mass is 9.84. The number of hydrogen-bond acceptors (Lipinski definition) is 0. The second kappa shape index (κ2) is 9.44. The molecule has 1 aliphatic carbocycles. The number of benzene rings is 2. The molecule has 1 aliphatic rings. The highest BCUT2D eigenvalue weighted by Crippen LogP contribution is 2.32. The first kappa shape index (κ1) is 18.5. The minimum Gasteiger partial charge on any atom is -0.0804 e. The summed E-state index contributed by atoms with van der Waals surface area (Å²) in [5, 5.41) is 0. The van der Waals surface area contributed by atoms with Crippen molar-refractivity contribution in [3.8, 4) is 11.8 Å². The summed E-state index contributed by atoms with van der Waals surface area (Å²) in [6, 6.07) is 17.4. The number of rotatable bonds is 5. The van der Waals surface area contributed by atoms with Gasteiger partial charge in [-0.05, 0) is 72.6 Å². The monoisotopic (exact) mass is 342 g/mol. The first-order valence-corrected chi connectivity index (χ1v) is 10.2. The third-order valence-corrected chi connectivity index (χ3v) is 5.32. The number of aryl methyl sites for hydroxylation is 1. The molecule has 1 atom stereocenters. The zero-order chi connectivity index (χ0) is 18.2. The van der Waals surface area contributed by atoms with E-state index in [1.807, 2.05) is 0 Å². The molecule has 0 radical (unpaired) electrons. The molecule has 0 N–H and O–H groups in total. The summed E-state index contributed by atoms with van der Waals surface area (Å²) in [6.45, 7) is 4.50. The van der Waals surface area contributed by atoms with Gasteiger partial charge in [-0.15, -0.1) is 0 Å². The molecule has 26 heavy (non-hydrogen) atoms. The molecular weight excluding hydrogens is 312 g/mol. The predicted molar refractivity (Wildman–Crippen MR) is 113 cm³/mol. The Morgan fingerprint density at radius 1 is 0.846 bits per heavy atom. The molecule has 134 valence electrons. The summed E-state index contributed by atoms with van der Waals surface area (Å²) in [5.41, 5.74) is 6.46. The zero-order valence-corrected chi connectivity index (χ0v) is 16.2. The fourth-order valence-electron chi connectivity index (χ4n) is 3.78. The Labute approximate surface area is 159 Å². The first-order chi connectivity index (χ1) is 12.8. The van der Waals surface area contributed by atoms with Crippen LogP contribution in [0.2, 0.25) is 0 Å². The van der Waals surface area contributed by atoms with Crippen LogP contribution in [0, 0.1) is 17.8 Å². The van der Waals surface area contributed by atoms with E-state index in [2.05, 4.69) is 80.3 Å². The van der Waals surface area contributed by atoms with E-state index < -0.39 is 0 Å². The van der Waals surface area contributed by atoms with Gasteiger partial charge in [-0.2, -0.15) is 0 Å². The summed E-state index contributed by atoms with van der Waals surface area (Å²) < 4.78 is 0. The molecule has 0 aromatic heterocycles. The minimum absolute atomic E-state index is 0.901. The highest BCUT2D eigenvalue weighted by atomic mass is 14.2. The van der Waals surface area contributed by atoms with Crippen LogP contribution >= 0.6 is 0 Å². The Balaban J connectivity index is 1.63. The Morgan fingerprint density at radius 2 is 1.50 bits per heavy atom. The Kier molecular flexibility index (Phi) is 6.73. The van der Waals surface area contributed by atoms with Gasteiger partial charge in [-0.25, -0.2) is 0 Å². The van der Waals surface area contributed by atoms with Crippen LogP contribution in [0.1, 0.15) is 74.6 Å². The SMILES string of the molecule is CCCc1ccc(C#Cc2ccc(C3=CCC(CCC)CC3)cc2)cc1. The normalized spacial score (nSPS) is 16.5. The highest BCUT2D eigenvalue weighted by molar-refractivity contribution is 5.67. The summed E-state index contributed by atoms with van der Waals surface area (Å²) in [7, 11) is 0. The summed E-state index contributed by atoms with van der Waals surface area (Å²) in [5.74, 6) is 7.48. The van der Waals surface area contributed by atoms with Crippen LogP contribution in [0.25, 0.3) is 5.57 Å². The van der Waals surface area contributed by atoms with Crippen molar-refractivity contribution in [3.05, 3.63) is 76.9 Å². The number of hydrogen-bond donors (Lipinski definition) is 0. The Bertz CT molecular complexity index is 779. The van der Waals surface area contributed by atoms with E-state index >= 15 is 0 Å². The average Bonchev–Trinajstić information content (AvgIpc) is 2.69. The molecule has 0 nitrogen and oxygen atoms in total. The van der Waals surface area contributed by atoms with E-state index in [0.29, 0.717) is 0 Å². The van der Waals surface area contributed by atoms with Crippen LogP contribution < -0.4 is 0 Å². The van der Waals surface area contributed by atoms with Crippen LogP contribution in [0.15, 0.2) is 54.6 Å². The lowest BCUT2D eigenvalue weighted by Crippen LogP contribution is -2.04. The molecule has 0 fully saturated rings. The molecule has 0 amide bonds. The first-order valence-electron chi connectivity index (χ1n) is 10.2. The standard InChI is InChI=1S/C26H30/c1-3-5-21-7-9-23(10-8-21)11-12-24-15-19-26(20-16-24)25-17-13-22(6-4-2)14-18-25/h7-10,15-17,19-20,22H,3-6,13-14,18H2,1-2H3. The topological polar surface area (TPSA) is 0 Å². The van der Waals surface area contributed by atoms with Crippen molar-refractivity contribution >= 4 is 5.57 Å². The third-order valence-electron chi connectivity index (χ3n) is 5.32. The predicted octanol–water partition coefficient (Wildman–Crippen LogP) is 7.02. The highest BCUT2D eigenvalue weighted by Gasteiger charge is 2.14.